The number of nitrogens with two attached hydrogens (primary N) is 1. The number of aryl methyl sites for hydroxylation is 1. The Morgan fingerprint density at radius 1 is 1.50 bits per heavy atom. The molecule has 0 amide bonds. The lowest BCUT2D eigenvalue weighted by Gasteiger charge is -2.19. The Kier molecular flexibility index (Phi) is 4.34. The average molecular weight is 223 g/mol. The van der Waals surface area contributed by atoms with Crippen LogP contribution in [0, 0.1) is 6.92 Å². The van der Waals surface area contributed by atoms with Crippen molar-refractivity contribution < 1.29 is 0 Å². The van der Waals surface area contributed by atoms with E-state index in [2.05, 4.69) is 23.9 Å². The van der Waals surface area contributed by atoms with Crippen LogP contribution in [0.2, 0.25) is 0 Å². The monoisotopic (exact) mass is 223 g/mol. The predicted octanol–water partition coefficient (Wildman–Crippen LogP) is 0.885. The van der Waals surface area contributed by atoms with Crippen molar-refractivity contribution in [3.8, 4) is 0 Å². The van der Waals surface area contributed by atoms with Gasteiger partial charge in [0, 0.05) is 31.4 Å². The quantitative estimate of drug-likeness (QED) is 0.609. The molecule has 16 heavy (non-hydrogen) atoms. The number of aromatic nitrogens is 2. The van der Waals surface area contributed by atoms with Crippen molar-refractivity contribution >= 4 is 5.96 Å². The van der Waals surface area contributed by atoms with E-state index in [0.29, 0.717) is 12.5 Å². The molecule has 0 saturated heterocycles. The summed E-state index contributed by atoms with van der Waals surface area (Å²) in [6, 6.07) is 0. The van der Waals surface area contributed by atoms with Crippen molar-refractivity contribution in [3.63, 3.8) is 0 Å². The zero-order chi connectivity index (χ0) is 12.1. The van der Waals surface area contributed by atoms with Crippen LogP contribution in [0.25, 0.3) is 0 Å². The van der Waals surface area contributed by atoms with Gasteiger partial charge < -0.3 is 10.6 Å². The summed E-state index contributed by atoms with van der Waals surface area (Å²) in [4.78, 5) is 6.41. The Bertz CT molecular complexity index is 362. The summed E-state index contributed by atoms with van der Waals surface area (Å²) in [7, 11) is 1.93. The Morgan fingerprint density at radius 2 is 2.12 bits per heavy atom. The van der Waals surface area contributed by atoms with Gasteiger partial charge in [0.1, 0.15) is 0 Å². The molecule has 0 bridgehead atoms. The zero-order valence-corrected chi connectivity index (χ0v) is 10.6. The third-order valence-electron chi connectivity index (χ3n) is 2.84. The van der Waals surface area contributed by atoms with Crippen LogP contribution >= 0.6 is 0 Å². The second-order valence-electron chi connectivity index (χ2n) is 3.73. The zero-order valence-electron chi connectivity index (χ0n) is 10.6. The predicted molar refractivity (Wildman–Crippen MR) is 66.2 cm³/mol. The second-order valence-corrected chi connectivity index (χ2v) is 3.73. The number of nitrogens with zero attached hydrogens (tertiary/aromatic N) is 4. The van der Waals surface area contributed by atoms with E-state index in [0.717, 1.165) is 24.3 Å². The van der Waals surface area contributed by atoms with Crippen LogP contribution in [0.15, 0.2) is 11.2 Å². The maximum absolute atomic E-state index is 5.89. The molecule has 0 radical (unpaired) electrons. The third-order valence-corrected chi connectivity index (χ3v) is 2.84. The number of aliphatic imine (C=N–C) groups is 1. The topological polar surface area (TPSA) is 59.4 Å². The van der Waals surface area contributed by atoms with E-state index in [4.69, 9.17) is 5.73 Å². The molecule has 0 saturated carbocycles. The van der Waals surface area contributed by atoms with Gasteiger partial charge in [-0.25, -0.2) is 4.99 Å². The van der Waals surface area contributed by atoms with Gasteiger partial charge in [-0.15, -0.1) is 0 Å². The van der Waals surface area contributed by atoms with E-state index in [-0.39, 0.29) is 0 Å². The lowest BCUT2D eigenvalue weighted by atomic mass is 10.3. The van der Waals surface area contributed by atoms with Crippen LogP contribution in [0.3, 0.4) is 0 Å². The number of hydrogen-bond acceptors (Lipinski definition) is 2. The molecule has 0 aromatic carbocycles. The molecule has 0 aliphatic rings. The fourth-order valence-corrected chi connectivity index (χ4v) is 1.51. The van der Waals surface area contributed by atoms with Gasteiger partial charge in [-0.1, -0.05) is 0 Å². The second kappa shape index (κ2) is 5.53. The fourth-order valence-electron chi connectivity index (χ4n) is 1.51. The van der Waals surface area contributed by atoms with E-state index < -0.39 is 0 Å². The first-order chi connectivity index (χ1) is 7.60. The summed E-state index contributed by atoms with van der Waals surface area (Å²) in [5, 5.41) is 4.17. The molecule has 0 fully saturated rings. The lowest BCUT2D eigenvalue weighted by molar-refractivity contribution is 0.458. The normalized spacial score (nSPS) is 11.9. The van der Waals surface area contributed by atoms with Crippen molar-refractivity contribution in [1.29, 1.82) is 0 Å². The molecule has 1 aromatic heterocycles. The summed E-state index contributed by atoms with van der Waals surface area (Å²) < 4.78 is 1.85. The van der Waals surface area contributed by atoms with Gasteiger partial charge in [0.15, 0.2) is 5.96 Å². The van der Waals surface area contributed by atoms with Crippen LogP contribution < -0.4 is 5.73 Å². The van der Waals surface area contributed by atoms with Gasteiger partial charge in [0.25, 0.3) is 0 Å². The Labute approximate surface area is 97.0 Å². The minimum Gasteiger partial charge on any atom is -0.370 e. The van der Waals surface area contributed by atoms with E-state index in [9.17, 15) is 0 Å². The molecule has 5 nitrogen and oxygen atoms in total. The highest BCUT2D eigenvalue weighted by atomic mass is 15.3. The van der Waals surface area contributed by atoms with Crippen LogP contribution in [0.4, 0.5) is 0 Å². The molecule has 0 unspecified atom stereocenters. The van der Waals surface area contributed by atoms with Crippen LogP contribution in [-0.2, 0) is 13.6 Å². The van der Waals surface area contributed by atoms with Gasteiger partial charge in [-0.05, 0) is 20.8 Å². The molecule has 1 rings (SSSR count). The summed E-state index contributed by atoms with van der Waals surface area (Å²) in [5.41, 5.74) is 8.15. The van der Waals surface area contributed by atoms with Gasteiger partial charge >= 0.3 is 0 Å². The minimum absolute atomic E-state index is 0.599. The van der Waals surface area contributed by atoms with Crippen LogP contribution in [0.5, 0.6) is 0 Å². The smallest absolute Gasteiger partial charge is 0.191 e. The Hall–Kier alpha value is -1.52. The van der Waals surface area contributed by atoms with Gasteiger partial charge in [0.2, 0.25) is 0 Å². The Balaban J connectivity index is 2.69. The Morgan fingerprint density at radius 3 is 2.56 bits per heavy atom. The molecule has 90 valence electrons. The molecule has 2 N–H and O–H groups in total. The molecule has 0 atom stereocenters. The highest BCUT2D eigenvalue weighted by molar-refractivity contribution is 5.78. The summed E-state index contributed by atoms with van der Waals surface area (Å²) in [6.07, 6.45) is 1.84. The largest absolute Gasteiger partial charge is 0.370 e. The molecule has 0 aliphatic heterocycles. The third kappa shape index (κ3) is 2.74. The maximum Gasteiger partial charge on any atom is 0.191 e. The van der Waals surface area contributed by atoms with E-state index in [1.54, 1.807) is 0 Å². The molecule has 1 aromatic rings. The average Bonchev–Trinajstić information content (AvgIpc) is 2.59. The maximum atomic E-state index is 5.89. The van der Waals surface area contributed by atoms with Crippen molar-refractivity contribution in [2.45, 2.75) is 27.3 Å². The molecule has 0 spiro atoms. The fraction of sp³-hybridized carbons (Fsp3) is 0.636. The number of hydrogen-bond donors (Lipinski definition) is 1. The number of guanidine groups is 1. The highest BCUT2D eigenvalue weighted by Gasteiger charge is 2.05. The molecular formula is C11H21N5. The van der Waals surface area contributed by atoms with Gasteiger partial charge in [-0.3, -0.25) is 4.68 Å². The van der Waals surface area contributed by atoms with E-state index >= 15 is 0 Å². The van der Waals surface area contributed by atoms with E-state index in [1.807, 2.05) is 29.7 Å². The number of rotatable bonds is 4. The first-order valence-corrected chi connectivity index (χ1v) is 5.62. The van der Waals surface area contributed by atoms with Crippen molar-refractivity contribution in [2.24, 2.45) is 17.8 Å². The van der Waals surface area contributed by atoms with Crippen molar-refractivity contribution in [2.75, 3.05) is 13.1 Å². The van der Waals surface area contributed by atoms with Crippen molar-refractivity contribution in [1.82, 2.24) is 14.7 Å². The standard InChI is InChI=1S/C11H21N5/c1-5-16(6-2)11(12)13-7-10-8-14-15(4)9(10)3/h8H,5-7H2,1-4H3,(H2,12,13). The van der Waals surface area contributed by atoms with Crippen LogP contribution in [-0.4, -0.2) is 33.7 Å². The first kappa shape index (κ1) is 12.5. The molecule has 0 aliphatic carbocycles. The summed E-state index contributed by atoms with van der Waals surface area (Å²) in [5.74, 6) is 0.605. The molecular weight excluding hydrogens is 202 g/mol. The highest BCUT2D eigenvalue weighted by Crippen LogP contribution is 2.06. The van der Waals surface area contributed by atoms with Crippen molar-refractivity contribution in [3.05, 3.63) is 17.5 Å². The van der Waals surface area contributed by atoms with Gasteiger partial charge in [0.05, 0.1) is 12.7 Å². The first-order valence-electron chi connectivity index (χ1n) is 5.62. The molecule has 1 heterocycles. The lowest BCUT2D eigenvalue weighted by Crippen LogP contribution is -2.37. The summed E-state index contributed by atoms with van der Waals surface area (Å²) in [6.45, 7) is 8.55. The van der Waals surface area contributed by atoms with E-state index in [1.165, 1.54) is 0 Å². The SMILES string of the molecule is CCN(CC)C(N)=NCc1cnn(C)c1C. The minimum atomic E-state index is 0.599. The van der Waals surface area contributed by atoms with Crippen LogP contribution in [0.1, 0.15) is 25.1 Å². The molecule has 5 heteroatoms. The summed E-state index contributed by atoms with van der Waals surface area (Å²) >= 11 is 0. The van der Waals surface area contributed by atoms with Gasteiger partial charge in [-0.2, -0.15) is 5.10 Å².